The van der Waals surface area contributed by atoms with Crippen molar-refractivity contribution in [3.63, 3.8) is 0 Å². The van der Waals surface area contributed by atoms with Crippen molar-refractivity contribution in [2.24, 2.45) is 17.8 Å². The average Bonchev–Trinajstić information content (AvgIpc) is 2.69. The smallest absolute Gasteiger partial charge is 0.139 e. The van der Waals surface area contributed by atoms with Crippen molar-refractivity contribution in [2.75, 3.05) is 0 Å². The molecule has 3 nitrogen and oxygen atoms in total. The van der Waals surface area contributed by atoms with E-state index in [1.54, 1.807) is 0 Å². The monoisotopic (exact) mass is 236 g/mol. The Bertz CT molecular complexity index is 345. The van der Waals surface area contributed by atoms with Crippen LogP contribution < -0.4 is 0 Å². The van der Waals surface area contributed by atoms with Crippen LogP contribution in [-0.2, 0) is 14.4 Å². The molecule has 17 heavy (non-hydrogen) atoms. The molecule has 3 atom stereocenters. The van der Waals surface area contributed by atoms with Gasteiger partial charge in [0.2, 0.25) is 0 Å². The Hall–Kier alpha value is -0.990. The van der Waals surface area contributed by atoms with Crippen molar-refractivity contribution in [1.82, 2.24) is 0 Å². The van der Waals surface area contributed by atoms with Crippen molar-refractivity contribution in [2.45, 2.75) is 51.9 Å². The highest BCUT2D eigenvalue weighted by atomic mass is 16.1. The van der Waals surface area contributed by atoms with Crippen LogP contribution in [0, 0.1) is 17.8 Å². The van der Waals surface area contributed by atoms with Crippen LogP contribution in [0.25, 0.3) is 0 Å². The largest absolute Gasteiger partial charge is 0.300 e. The molecule has 0 radical (unpaired) electrons. The van der Waals surface area contributed by atoms with E-state index in [1.807, 2.05) is 0 Å². The predicted molar refractivity (Wildman–Crippen MR) is 63.5 cm³/mol. The van der Waals surface area contributed by atoms with Gasteiger partial charge >= 0.3 is 0 Å². The molecular formula is C14H20O3. The molecule has 0 N–H and O–H groups in total. The Kier molecular flexibility index (Phi) is 3.75. The number of hydrogen-bond donors (Lipinski definition) is 0. The maximum Gasteiger partial charge on any atom is 0.139 e. The van der Waals surface area contributed by atoms with E-state index in [1.165, 1.54) is 6.92 Å². The zero-order valence-electron chi connectivity index (χ0n) is 10.4. The fourth-order valence-corrected chi connectivity index (χ4v) is 3.38. The summed E-state index contributed by atoms with van der Waals surface area (Å²) in [6.07, 6.45) is 4.97. The second kappa shape index (κ2) is 5.11. The molecule has 2 fully saturated rings. The zero-order chi connectivity index (χ0) is 12.4. The van der Waals surface area contributed by atoms with E-state index in [9.17, 15) is 14.4 Å². The highest BCUT2D eigenvalue weighted by Crippen LogP contribution is 2.39. The number of rotatable bonds is 2. The third-order valence-electron chi connectivity index (χ3n) is 4.22. The fourth-order valence-electron chi connectivity index (χ4n) is 3.38. The van der Waals surface area contributed by atoms with Gasteiger partial charge < -0.3 is 4.79 Å². The van der Waals surface area contributed by atoms with Gasteiger partial charge in [-0.25, -0.2) is 0 Å². The Morgan fingerprint density at radius 3 is 2.71 bits per heavy atom. The lowest BCUT2D eigenvalue weighted by Crippen LogP contribution is -2.31. The lowest BCUT2D eigenvalue weighted by Gasteiger charge is -2.26. The first-order valence-electron chi connectivity index (χ1n) is 6.62. The zero-order valence-corrected chi connectivity index (χ0v) is 10.4. The van der Waals surface area contributed by atoms with Gasteiger partial charge in [-0.2, -0.15) is 0 Å². The van der Waals surface area contributed by atoms with Gasteiger partial charge in [0, 0.05) is 31.1 Å². The van der Waals surface area contributed by atoms with E-state index in [-0.39, 0.29) is 35.1 Å². The molecule has 0 aliphatic heterocycles. The molecule has 0 unspecified atom stereocenters. The Balaban J connectivity index is 2.14. The van der Waals surface area contributed by atoms with Gasteiger partial charge in [-0.3, -0.25) is 9.59 Å². The molecule has 0 bridgehead atoms. The third kappa shape index (κ3) is 2.82. The van der Waals surface area contributed by atoms with E-state index in [0.717, 1.165) is 19.3 Å². The molecule has 2 aliphatic rings. The summed E-state index contributed by atoms with van der Waals surface area (Å²) in [6.45, 7) is 1.53. The second-order valence-electron chi connectivity index (χ2n) is 5.58. The quantitative estimate of drug-likeness (QED) is 0.739. The molecule has 0 aromatic rings. The van der Waals surface area contributed by atoms with Crippen LogP contribution in [0.2, 0.25) is 0 Å². The molecule has 2 aliphatic carbocycles. The van der Waals surface area contributed by atoms with Gasteiger partial charge in [-0.15, -0.1) is 0 Å². The predicted octanol–water partition coefficient (Wildman–Crippen LogP) is 2.32. The molecule has 0 aromatic carbocycles. The van der Waals surface area contributed by atoms with E-state index in [2.05, 4.69) is 0 Å². The van der Waals surface area contributed by atoms with Gasteiger partial charge in [-0.05, 0) is 32.1 Å². The number of Topliss-reactive ketones (excluding diaryl/α,β-unsaturated/α-hetero) is 3. The van der Waals surface area contributed by atoms with Crippen LogP contribution >= 0.6 is 0 Å². The van der Waals surface area contributed by atoms with E-state index in [0.29, 0.717) is 25.7 Å². The number of carbonyl (C=O) groups excluding carboxylic acids is 3. The summed E-state index contributed by atoms with van der Waals surface area (Å²) < 4.78 is 0. The summed E-state index contributed by atoms with van der Waals surface area (Å²) in [5.41, 5.74) is 0. The number of ketones is 3. The van der Waals surface area contributed by atoms with E-state index >= 15 is 0 Å². The van der Waals surface area contributed by atoms with Gasteiger partial charge in [0.1, 0.15) is 17.3 Å². The lowest BCUT2D eigenvalue weighted by atomic mass is 9.76. The molecule has 0 amide bonds. The van der Waals surface area contributed by atoms with Crippen LogP contribution in [0.15, 0.2) is 0 Å². The molecule has 3 heteroatoms. The standard InChI is InChI=1S/C14H20O3/c1-9(15)7-11-5-6-12(16)8-10-3-2-4-13(10)14(11)17/h10-11,13H,2-8H2,1H3/t10-,11-,13+/m0/s1. The van der Waals surface area contributed by atoms with E-state index < -0.39 is 0 Å². The summed E-state index contributed by atoms with van der Waals surface area (Å²) in [5.74, 6) is 0.736. The lowest BCUT2D eigenvalue weighted by molar-refractivity contribution is -0.134. The Morgan fingerprint density at radius 1 is 1.24 bits per heavy atom. The van der Waals surface area contributed by atoms with Crippen molar-refractivity contribution in [3.05, 3.63) is 0 Å². The summed E-state index contributed by atoms with van der Waals surface area (Å²) >= 11 is 0. The first-order valence-corrected chi connectivity index (χ1v) is 6.62. The second-order valence-corrected chi connectivity index (χ2v) is 5.58. The molecular weight excluding hydrogens is 216 g/mol. The maximum atomic E-state index is 12.4. The molecule has 0 spiro atoms. The minimum atomic E-state index is -0.192. The van der Waals surface area contributed by atoms with Crippen LogP contribution in [0.5, 0.6) is 0 Å². The first-order chi connectivity index (χ1) is 8.08. The maximum absolute atomic E-state index is 12.4. The molecule has 0 aromatic heterocycles. The van der Waals surface area contributed by atoms with Crippen LogP contribution in [-0.4, -0.2) is 17.3 Å². The van der Waals surface area contributed by atoms with Crippen LogP contribution in [0.1, 0.15) is 51.9 Å². The number of hydrogen-bond acceptors (Lipinski definition) is 3. The minimum Gasteiger partial charge on any atom is -0.300 e. The third-order valence-corrected chi connectivity index (χ3v) is 4.22. The SMILES string of the molecule is CC(=O)C[C@@H]1CCC(=O)C[C@@H]2CCC[C@H]2C1=O. The minimum absolute atomic E-state index is 0.0589. The van der Waals surface area contributed by atoms with Gasteiger partial charge in [-0.1, -0.05) is 6.42 Å². The summed E-state index contributed by atoms with van der Waals surface area (Å²) in [5, 5.41) is 0. The van der Waals surface area contributed by atoms with Crippen molar-refractivity contribution >= 4 is 17.3 Å². The highest BCUT2D eigenvalue weighted by molar-refractivity contribution is 5.91. The molecule has 0 saturated heterocycles. The van der Waals surface area contributed by atoms with Crippen LogP contribution in [0.4, 0.5) is 0 Å². The molecule has 94 valence electrons. The number of carbonyl (C=O) groups is 3. The number of fused-ring (bicyclic) bond motifs is 1. The normalized spacial score (nSPS) is 34.1. The summed E-state index contributed by atoms with van der Waals surface area (Å²) in [4.78, 5) is 35.3. The topological polar surface area (TPSA) is 51.2 Å². The van der Waals surface area contributed by atoms with Crippen LogP contribution in [0.3, 0.4) is 0 Å². The van der Waals surface area contributed by atoms with Gasteiger partial charge in [0.05, 0.1) is 0 Å². The first kappa shape index (κ1) is 12.5. The van der Waals surface area contributed by atoms with Crippen molar-refractivity contribution < 1.29 is 14.4 Å². The van der Waals surface area contributed by atoms with Gasteiger partial charge in [0.25, 0.3) is 0 Å². The Labute approximate surface area is 102 Å². The molecule has 0 heterocycles. The Morgan fingerprint density at radius 2 is 2.00 bits per heavy atom. The van der Waals surface area contributed by atoms with Gasteiger partial charge in [0.15, 0.2) is 0 Å². The average molecular weight is 236 g/mol. The van der Waals surface area contributed by atoms with E-state index in [4.69, 9.17) is 0 Å². The molecule has 2 saturated carbocycles. The van der Waals surface area contributed by atoms with Crippen molar-refractivity contribution in [1.29, 1.82) is 0 Å². The fraction of sp³-hybridized carbons (Fsp3) is 0.786. The molecule has 2 rings (SSSR count). The van der Waals surface area contributed by atoms with Crippen molar-refractivity contribution in [3.8, 4) is 0 Å². The summed E-state index contributed by atoms with van der Waals surface area (Å²) in [7, 11) is 0. The summed E-state index contributed by atoms with van der Waals surface area (Å²) in [6, 6.07) is 0. The highest BCUT2D eigenvalue weighted by Gasteiger charge is 2.39.